The standard InChI is InChI=1S/C48H53N9O7/c1-26(2)40(53-47(60)61)44(58)55-19-9-13-36(55)43-50-25-34(52-43)30-15-17-32-38-22-31-21-29(16-18-35(31)57(38)46(64-39(32)23-30)28-11-7-6-8-12-28)33-24-49-42(51-33)37-14-10-20-56(37)45(59)41(27(3)4)54-48(62)63-5/h6-8,11-12,15-18,21-27,36-37,40-41,46,53H,9-10,13-14,19-20H2,1-5H3,(H,49,51)(H,50,52)(H,54,62)(H,60,61)/t36-,37-,40?,41?,46?/m0/s1. The molecule has 3 unspecified atom stereocenters. The molecule has 332 valence electrons. The van der Waals surface area contributed by atoms with Crippen molar-refractivity contribution in [2.24, 2.45) is 11.8 Å². The van der Waals surface area contributed by atoms with Gasteiger partial charge >= 0.3 is 12.2 Å². The Morgan fingerprint density at radius 2 is 1.34 bits per heavy atom. The van der Waals surface area contributed by atoms with Crippen molar-refractivity contribution in [3.8, 4) is 39.5 Å². The van der Waals surface area contributed by atoms with Gasteiger partial charge in [0.15, 0.2) is 0 Å². The Bertz CT molecular complexity index is 2720. The minimum absolute atomic E-state index is 0.130. The molecule has 5 atom stereocenters. The number of aromatic nitrogens is 5. The van der Waals surface area contributed by atoms with E-state index in [0.29, 0.717) is 36.9 Å². The summed E-state index contributed by atoms with van der Waals surface area (Å²) in [5.41, 5.74) is 7.34. The van der Waals surface area contributed by atoms with Gasteiger partial charge in [-0.3, -0.25) is 9.59 Å². The lowest BCUT2D eigenvalue weighted by Crippen LogP contribution is -2.51. The molecule has 0 bridgehead atoms. The third kappa shape index (κ3) is 7.81. The number of H-pyrrole nitrogens is 2. The number of methoxy groups -OCH3 is 1. The van der Waals surface area contributed by atoms with Gasteiger partial charge in [-0.1, -0.05) is 70.2 Å². The number of nitrogens with one attached hydrogen (secondary N) is 4. The Balaban J connectivity index is 1.01. The molecule has 16 heteroatoms. The molecular formula is C48H53N9O7. The first kappa shape index (κ1) is 42.2. The smallest absolute Gasteiger partial charge is 0.407 e. The van der Waals surface area contributed by atoms with E-state index >= 15 is 0 Å². The summed E-state index contributed by atoms with van der Waals surface area (Å²) < 4.78 is 13.9. The number of alkyl carbamates (subject to hydrolysis) is 1. The molecule has 2 saturated heterocycles. The molecule has 6 heterocycles. The van der Waals surface area contributed by atoms with Gasteiger partial charge in [0, 0.05) is 40.7 Å². The molecule has 16 nitrogen and oxygen atoms in total. The summed E-state index contributed by atoms with van der Waals surface area (Å²) in [6.45, 7) is 8.56. The first-order chi connectivity index (χ1) is 30.9. The summed E-state index contributed by atoms with van der Waals surface area (Å²) in [7, 11) is 1.29. The second-order valence-electron chi connectivity index (χ2n) is 17.5. The van der Waals surface area contributed by atoms with Gasteiger partial charge in [-0.2, -0.15) is 0 Å². The highest BCUT2D eigenvalue weighted by Crippen LogP contribution is 2.46. The molecule has 2 fully saturated rings. The number of fused-ring (bicyclic) bond motifs is 5. The SMILES string of the molecule is COC(=O)NC(C(=O)N1CCC[C@H]1c1ncc(-c2ccc3c(c2)cc2n3C(c3ccccc3)Oc3cc(-c4cnc([C@@H]5CCCN5C(=O)C(NC(=O)O)C(C)C)[nH]4)ccc3-2)[nH]1)C(C)C. The van der Waals surface area contributed by atoms with Crippen molar-refractivity contribution in [3.05, 3.63) is 102 Å². The zero-order valence-corrected chi connectivity index (χ0v) is 36.5. The van der Waals surface area contributed by atoms with Crippen LogP contribution >= 0.6 is 0 Å². The maximum Gasteiger partial charge on any atom is 0.407 e. The second-order valence-corrected chi connectivity index (χ2v) is 17.5. The number of nitrogens with zero attached hydrogens (tertiary/aromatic N) is 5. The van der Waals surface area contributed by atoms with Crippen LogP contribution < -0.4 is 15.4 Å². The number of likely N-dealkylation sites (tertiary alicyclic amines) is 2. The van der Waals surface area contributed by atoms with Gasteiger partial charge < -0.3 is 49.5 Å². The van der Waals surface area contributed by atoms with Gasteiger partial charge in [0.1, 0.15) is 29.5 Å². The fraction of sp³-hybridized carbons (Fsp3) is 0.375. The lowest BCUT2D eigenvalue weighted by Gasteiger charge is -2.30. The van der Waals surface area contributed by atoms with Crippen LogP contribution in [0.15, 0.2) is 85.2 Å². The van der Waals surface area contributed by atoms with Gasteiger partial charge in [0.05, 0.1) is 54.2 Å². The first-order valence-electron chi connectivity index (χ1n) is 22.0. The number of carbonyl (C=O) groups excluding carboxylic acids is 3. The maximum atomic E-state index is 13.8. The lowest BCUT2D eigenvalue weighted by atomic mass is 10.0. The topological polar surface area (TPSA) is 200 Å². The van der Waals surface area contributed by atoms with Crippen molar-refractivity contribution >= 4 is 34.9 Å². The van der Waals surface area contributed by atoms with E-state index in [-0.39, 0.29) is 35.7 Å². The molecule has 0 spiro atoms. The van der Waals surface area contributed by atoms with Gasteiger partial charge in [-0.05, 0) is 67.9 Å². The fourth-order valence-corrected chi connectivity index (χ4v) is 9.51. The predicted molar refractivity (Wildman–Crippen MR) is 239 cm³/mol. The molecule has 0 radical (unpaired) electrons. The highest BCUT2D eigenvalue weighted by molar-refractivity contribution is 5.93. The molecule has 0 aliphatic carbocycles. The van der Waals surface area contributed by atoms with Gasteiger partial charge in [0.2, 0.25) is 18.0 Å². The van der Waals surface area contributed by atoms with E-state index in [2.05, 4.69) is 67.6 Å². The van der Waals surface area contributed by atoms with Crippen molar-refractivity contribution in [2.75, 3.05) is 20.2 Å². The number of ether oxygens (including phenoxy) is 2. The number of imidazole rings is 2. The average molecular weight is 868 g/mol. The number of aromatic amines is 2. The summed E-state index contributed by atoms with van der Waals surface area (Å²) in [4.78, 5) is 71.0. The highest BCUT2D eigenvalue weighted by atomic mass is 16.5. The van der Waals surface area contributed by atoms with Crippen LogP contribution in [0, 0.1) is 11.8 Å². The number of carbonyl (C=O) groups is 4. The fourth-order valence-electron chi connectivity index (χ4n) is 9.51. The number of benzene rings is 3. The molecule has 3 aliphatic rings. The molecule has 3 aliphatic heterocycles. The highest BCUT2D eigenvalue weighted by Gasteiger charge is 2.39. The van der Waals surface area contributed by atoms with Crippen LogP contribution in [0.2, 0.25) is 0 Å². The molecule has 9 rings (SSSR count). The van der Waals surface area contributed by atoms with E-state index in [0.717, 1.165) is 69.5 Å². The Morgan fingerprint density at radius 3 is 1.92 bits per heavy atom. The Morgan fingerprint density at radius 1 is 0.766 bits per heavy atom. The van der Waals surface area contributed by atoms with E-state index in [1.807, 2.05) is 69.1 Å². The number of hydrogen-bond acceptors (Lipinski definition) is 8. The average Bonchev–Trinajstić information content (AvgIpc) is 4.15. The quantitative estimate of drug-likeness (QED) is 0.0855. The van der Waals surface area contributed by atoms with Crippen LogP contribution in [0.5, 0.6) is 5.75 Å². The van der Waals surface area contributed by atoms with E-state index in [1.165, 1.54) is 7.11 Å². The summed E-state index contributed by atoms with van der Waals surface area (Å²) in [6.07, 6.45) is 4.35. The molecule has 0 saturated carbocycles. The zero-order chi connectivity index (χ0) is 44.8. The Hall–Kier alpha value is -7.10. The molecule has 4 amide bonds. The van der Waals surface area contributed by atoms with Crippen molar-refractivity contribution < 1.29 is 33.8 Å². The number of amides is 4. The zero-order valence-electron chi connectivity index (χ0n) is 36.5. The largest absolute Gasteiger partial charge is 0.465 e. The second kappa shape index (κ2) is 17.2. The third-order valence-electron chi connectivity index (χ3n) is 12.8. The van der Waals surface area contributed by atoms with E-state index in [4.69, 9.17) is 19.4 Å². The van der Waals surface area contributed by atoms with Gasteiger partial charge in [-0.25, -0.2) is 19.6 Å². The van der Waals surface area contributed by atoms with Crippen molar-refractivity contribution in [2.45, 2.75) is 83.8 Å². The normalized spacial score (nSPS) is 19.0. The summed E-state index contributed by atoms with van der Waals surface area (Å²) in [6, 6.07) is 22.6. The van der Waals surface area contributed by atoms with Crippen LogP contribution in [-0.4, -0.2) is 95.7 Å². The van der Waals surface area contributed by atoms with Crippen molar-refractivity contribution in [1.29, 1.82) is 0 Å². The number of rotatable bonds is 11. The van der Waals surface area contributed by atoms with Gasteiger partial charge in [0.25, 0.3) is 0 Å². The van der Waals surface area contributed by atoms with Gasteiger partial charge in [-0.15, -0.1) is 0 Å². The van der Waals surface area contributed by atoms with Crippen LogP contribution in [0.1, 0.15) is 88.9 Å². The molecule has 6 aromatic rings. The monoisotopic (exact) mass is 867 g/mol. The Labute approximate surface area is 370 Å². The van der Waals surface area contributed by atoms with E-state index in [1.54, 1.807) is 11.1 Å². The van der Waals surface area contributed by atoms with E-state index < -0.39 is 30.5 Å². The number of carboxylic acid groups (broad SMARTS) is 1. The molecule has 64 heavy (non-hydrogen) atoms. The van der Waals surface area contributed by atoms with Crippen LogP contribution in [0.4, 0.5) is 9.59 Å². The minimum Gasteiger partial charge on any atom is -0.465 e. The summed E-state index contributed by atoms with van der Waals surface area (Å²) in [5.74, 6) is 1.32. The maximum absolute atomic E-state index is 13.8. The molecule has 3 aromatic heterocycles. The lowest BCUT2D eigenvalue weighted by molar-refractivity contribution is -0.136. The summed E-state index contributed by atoms with van der Waals surface area (Å²) >= 11 is 0. The molecule has 5 N–H and O–H groups in total. The summed E-state index contributed by atoms with van der Waals surface area (Å²) in [5, 5.41) is 15.5. The first-order valence-corrected chi connectivity index (χ1v) is 22.0. The Kier molecular flexibility index (Phi) is 11.4. The minimum atomic E-state index is -1.22. The van der Waals surface area contributed by atoms with Crippen LogP contribution in [0.3, 0.4) is 0 Å². The molecule has 3 aromatic carbocycles. The van der Waals surface area contributed by atoms with Crippen LogP contribution in [0.25, 0.3) is 44.7 Å². The van der Waals surface area contributed by atoms with E-state index in [9.17, 15) is 24.3 Å². The predicted octanol–water partition coefficient (Wildman–Crippen LogP) is 8.03. The van der Waals surface area contributed by atoms with Crippen LogP contribution in [-0.2, 0) is 14.3 Å². The number of hydrogen-bond donors (Lipinski definition) is 5. The molecular weight excluding hydrogens is 815 g/mol. The third-order valence-corrected chi connectivity index (χ3v) is 12.8. The van der Waals surface area contributed by atoms with Crippen molar-refractivity contribution in [1.82, 2.24) is 44.9 Å². The van der Waals surface area contributed by atoms with Crippen molar-refractivity contribution in [3.63, 3.8) is 0 Å².